The highest BCUT2D eigenvalue weighted by Gasteiger charge is 2.62. The van der Waals surface area contributed by atoms with E-state index < -0.39 is 27.5 Å². The van der Waals surface area contributed by atoms with Gasteiger partial charge in [0.05, 0.1) is 4.90 Å². The van der Waals surface area contributed by atoms with Gasteiger partial charge in [-0.1, -0.05) is 17.7 Å². The minimum Gasteiger partial charge on any atom is -0.207 e. The van der Waals surface area contributed by atoms with Crippen LogP contribution < -0.4 is 0 Å². The van der Waals surface area contributed by atoms with E-state index in [0.717, 1.165) is 5.56 Å². The van der Waals surface area contributed by atoms with Gasteiger partial charge in [-0.2, -0.15) is 22.7 Å². The van der Waals surface area contributed by atoms with Gasteiger partial charge in [0, 0.05) is 12.3 Å². The summed E-state index contributed by atoms with van der Waals surface area (Å²) in [5.74, 6) is -0.627. The molecule has 1 atom stereocenters. The maximum atomic E-state index is 13.9. The van der Waals surface area contributed by atoms with E-state index in [1.807, 2.05) is 0 Å². The average molecular weight is 378 g/mol. The highest BCUT2D eigenvalue weighted by atomic mass is 32.2. The smallest absolute Gasteiger partial charge is 0.207 e. The van der Waals surface area contributed by atoms with Crippen molar-refractivity contribution in [2.75, 3.05) is 12.3 Å². The lowest BCUT2D eigenvalue weighted by Crippen LogP contribution is -2.64. The largest absolute Gasteiger partial charge is 0.408 e. The van der Waals surface area contributed by atoms with Gasteiger partial charge < -0.3 is 0 Å². The molecular weight excluding hydrogens is 361 g/mol. The van der Waals surface area contributed by atoms with E-state index in [4.69, 9.17) is 5.26 Å². The van der Waals surface area contributed by atoms with Crippen LogP contribution in [0.1, 0.15) is 24.8 Å². The van der Waals surface area contributed by atoms with Crippen LogP contribution >= 0.6 is 11.8 Å². The summed E-state index contributed by atoms with van der Waals surface area (Å²) in [4.78, 5) is -0.161. The summed E-state index contributed by atoms with van der Waals surface area (Å²) < 4.78 is 67.8. The van der Waals surface area contributed by atoms with Crippen molar-refractivity contribution < 1.29 is 21.6 Å². The number of sulfonamides is 1. The molecule has 0 N–H and O–H groups in total. The Balaban J connectivity index is 2.54. The molecule has 1 saturated heterocycles. The molecule has 1 aromatic rings. The second-order valence-electron chi connectivity index (χ2n) is 5.76. The molecule has 9 heteroatoms. The predicted octanol–water partition coefficient (Wildman–Crippen LogP) is 3.69. The molecule has 2 rings (SSSR count). The Kier molecular flexibility index (Phi) is 5.52. The van der Waals surface area contributed by atoms with Crippen molar-refractivity contribution in [1.29, 1.82) is 5.26 Å². The number of alkyl halides is 3. The standard InChI is InChI=1S/C15H17F3N2O2S2/c1-12-4-6-13(7-5-12)24(21,22)20-9-3-2-8-14(20,10-23-11-19)15(16,17)18/h4-7H,2-3,8-10H2,1H3. The van der Waals surface area contributed by atoms with Crippen molar-refractivity contribution in [3.05, 3.63) is 29.8 Å². The number of thioether (sulfide) groups is 1. The Morgan fingerprint density at radius 1 is 1.29 bits per heavy atom. The van der Waals surface area contributed by atoms with Crippen LogP contribution in [0.2, 0.25) is 0 Å². The van der Waals surface area contributed by atoms with Gasteiger partial charge in [-0.25, -0.2) is 8.42 Å². The Morgan fingerprint density at radius 2 is 1.92 bits per heavy atom. The van der Waals surface area contributed by atoms with Crippen molar-refractivity contribution in [2.24, 2.45) is 0 Å². The Bertz CT molecular complexity index is 727. The molecular formula is C15H17F3N2O2S2. The fourth-order valence-electron chi connectivity index (χ4n) is 2.86. The molecule has 0 amide bonds. The SMILES string of the molecule is Cc1ccc(S(=O)(=O)N2CCCCC2(CSC#N)C(F)(F)F)cc1. The predicted molar refractivity (Wildman–Crippen MR) is 85.8 cm³/mol. The molecule has 1 aliphatic rings. The zero-order valence-electron chi connectivity index (χ0n) is 13.0. The van der Waals surface area contributed by atoms with Crippen molar-refractivity contribution >= 4 is 21.8 Å². The molecule has 0 radical (unpaired) electrons. The molecule has 1 aliphatic heterocycles. The van der Waals surface area contributed by atoms with Crippen molar-refractivity contribution in [1.82, 2.24) is 4.31 Å². The second-order valence-corrected chi connectivity index (χ2v) is 8.38. The first-order chi connectivity index (χ1) is 11.1. The zero-order chi connectivity index (χ0) is 18.0. The maximum Gasteiger partial charge on any atom is 0.408 e. The maximum absolute atomic E-state index is 13.9. The summed E-state index contributed by atoms with van der Waals surface area (Å²) in [5, 5.41) is 10.3. The van der Waals surface area contributed by atoms with E-state index in [1.165, 1.54) is 12.1 Å². The molecule has 1 unspecified atom stereocenters. The molecule has 0 bridgehead atoms. The molecule has 0 aliphatic carbocycles. The average Bonchev–Trinajstić information content (AvgIpc) is 2.52. The van der Waals surface area contributed by atoms with Crippen LogP contribution in [0.4, 0.5) is 13.2 Å². The first-order valence-corrected chi connectivity index (χ1v) is 9.75. The number of thiocyanates is 1. The zero-order valence-corrected chi connectivity index (χ0v) is 14.6. The van der Waals surface area contributed by atoms with E-state index in [9.17, 15) is 21.6 Å². The van der Waals surface area contributed by atoms with E-state index in [-0.39, 0.29) is 24.3 Å². The van der Waals surface area contributed by atoms with Crippen LogP contribution in [0.25, 0.3) is 0 Å². The molecule has 1 heterocycles. The summed E-state index contributed by atoms with van der Waals surface area (Å²) in [5.41, 5.74) is -1.73. The summed E-state index contributed by atoms with van der Waals surface area (Å²) in [6, 6.07) is 5.74. The van der Waals surface area contributed by atoms with Gasteiger partial charge in [-0.05, 0) is 50.1 Å². The van der Waals surface area contributed by atoms with Crippen molar-refractivity contribution in [2.45, 2.75) is 42.8 Å². The quantitative estimate of drug-likeness (QED) is 0.750. The van der Waals surface area contributed by atoms with Crippen LogP contribution in [-0.2, 0) is 10.0 Å². The molecule has 0 aromatic heterocycles. The normalized spacial score (nSPS) is 23.0. The third-order valence-electron chi connectivity index (χ3n) is 4.19. The van der Waals surface area contributed by atoms with E-state index in [2.05, 4.69) is 0 Å². The summed E-state index contributed by atoms with van der Waals surface area (Å²) in [6.45, 7) is 1.56. The number of hydrogen-bond acceptors (Lipinski definition) is 4. The fourth-order valence-corrected chi connectivity index (χ4v) is 5.53. The monoisotopic (exact) mass is 378 g/mol. The van der Waals surface area contributed by atoms with Crippen LogP contribution in [0.3, 0.4) is 0 Å². The molecule has 4 nitrogen and oxygen atoms in total. The lowest BCUT2D eigenvalue weighted by atomic mass is 9.90. The number of piperidine rings is 1. The van der Waals surface area contributed by atoms with E-state index in [1.54, 1.807) is 24.5 Å². The minimum atomic E-state index is -4.75. The molecule has 132 valence electrons. The lowest BCUT2D eigenvalue weighted by Gasteiger charge is -2.46. The van der Waals surface area contributed by atoms with Crippen LogP contribution in [-0.4, -0.2) is 36.7 Å². The van der Waals surface area contributed by atoms with Crippen molar-refractivity contribution in [3.63, 3.8) is 0 Å². The van der Waals surface area contributed by atoms with Gasteiger partial charge in [-0.15, -0.1) is 0 Å². The number of aryl methyl sites for hydroxylation is 1. The fraction of sp³-hybridized carbons (Fsp3) is 0.533. The number of hydrogen-bond donors (Lipinski definition) is 0. The lowest BCUT2D eigenvalue weighted by molar-refractivity contribution is -0.216. The van der Waals surface area contributed by atoms with Crippen LogP contribution in [0.5, 0.6) is 0 Å². The minimum absolute atomic E-state index is 0.161. The van der Waals surface area contributed by atoms with Crippen LogP contribution in [0.15, 0.2) is 29.2 Å². The summed E-state index contributed by atoms with van der Waals surface area (Å²) >= 11 is 0.437. The second kappa shape index (κ2) is 6.94. The van der Waals surface area contributed by atoms with Crippen molar-refractivity contribution in [3.8, 4) is 5.40 Å². The summed E-state index contributed by atoms with van der Waals surface area (Å²) in [6.07, 6.45) is -4.46. The van der Waals surface area contributed by atoms with Gasteiger partial charge in [0.2, 0.25) is 10.0 Å². The van der Waals surface area contributed by atoms with Gasteiger partial charge in [-0.3, -0.25) is 0 Å². The number of halogens is 3. The first-order valence-electron chi connectivity index (χ1n) is 7.32. The molecule has 1 aromatic carbocycles. The highest BCUT2D eigenvalue weighted by molar-refractivity contribution is 8.03. The molecule has 0 saturated carbocycles. The van der Waals surface area contributed by atoms with Gasteiger partial charge >= 0.3 is 6.18 Å². The van der Waals surface area contributed by atoms with Gasteiger partial charge in [0.15, 0.2) is 0 Å². The summed E-state index contributed by atoms with van der Waals surface area (Å²) in [7, 11) is -4.31. The first kappa shape index (κ1) is 19.1. The Hall–Kier alpha value is -1.24. The van der Waals surface area contributed by atoms with Crippen LogP contribution in [0, 0.1) is 17.6 Å². The highest BCUT2D eigenvalue weighted by Crippen LogP contribution is 2.46. The third-order valence-corrected chi connectivity index (χ3v) is 6.92. The molecule has 1 fully saturated rings. The number of nitrogens with zero attached hydrogens (tertiary/aromatic N) is 2. The third kappa shape index (κ3) is 3.41. The number of benzene rings is 1. The Labute approximate surface area is 143 Å². The van der Waals surface area contributed by atoms with E-state index >= 15 is 0 Å². The number of rotatable bonds is 4. The Morgan fingerprint density at radius 3 is 2.46 bits per heavy atom. The van der Waals surface area contributed by atoms with Gasteiger partial charge in [0.1, 0.15) is 10.9 Å². The topological polar surface area (TPSA) is 61.2 Å². The van der Waals surface area contributed by atoms with Gasteiger partial charge in [0.25, 0.3) is 0 Å². The number of nitriles is 1. The molecule has 24 heavy (non-hydrogen) atoms. The van der Waals surface area contributed by atoms with E-state index in [0.29, 0.717) is 22.5 Å². The molecule has 0 spiro atoms.